The number of nitrogen functional groups attached to an aromatic ring is 1. The van der Waals surface area contributed by atoms with Crippen LogP contribution < -0.4 is 10.5 Å². The first-order valence-electron chi connectivity index (χ1n) is 5.49. The van der Waals surface area contributed by atoms with E-state index in [1.807, 2.05) is 25.1 Å². The summed E-state index contributed by atoms with van der Waals surface area (Å²) in [6.07, 6.45) is 0. The molecule has 0 spiro atoms. The quantitative estimate of drug-likeness (QED) is 0.868. The molecule has 2 N–H and O–H groups in total. The Morgan fingerprint density at radius 2 is 2.00 bits per heavy atom. The molecule has 18 heavy (non-hydrogen) atoms. The number of aryl methyl sites for hydroxylation is 1. The molecule has 0 amide bonds. The summed E-state index contributed by atoms with van der Waals surface area (Å²) in [6.45, 7) is 2.13. The lowest BCUT2D eigenvalue weighted by molar-refractivity contribution is 0.298. The number of rotatable bonds is 3. The van der Waals surface area contributed by atoms with Crippen LogP contribution in [-0.4, -0.2) is 0 Å². The van der Waals surface area contributed by atoms with E-state index in [1.165, 1.54) is 6.07 Å². The Kier molecular flexibility index (Phi) is 3.87. The molecule has 2 aromatic rings. The lowest BCUT2D eigenvalue weighted by Crippen LogP contribution is -2.00. The molecule has 0 saturated carbocycles. The summed E-state index contributed by atoms with van der Waals surface area (Å²) in [4.78, 5) is 0. The van der Waals surface area contributed by atoms with Crippen LogP contribution in [0.2, 0.25) is 0 Å². The monoisotopic (exact) mass is 309 g/mol. The fourth-order valence-corrected chi connectivity index (χ4v) is 2.09. The number of hydrogen-bond donors (Lipinski definition) is 1. The van der Waals surface area contributed by atoms with E-state index in [4.69, 9.17) is 10.5 Å². The van der Waals surface area contributed by atoms with Gasteiger partial charge in [-0.3, -0.25) is 0 Å². The van der Waals surface area contributed by atoms with E-state index in [-0.39, 0.29) is 12.4 Å². The number of nitrogens with two attached hydrogens (primary N) is 1. The molecule has 4 heteroatoms. The highest BCUT2D eigenvalue weighted by molar-refractivity contribution is 9.10. The van der Waals surface area contributed by atoms with Crippen LogP contribution in [0.1, 0.15) is 11.1 Å². The van der Waals surface area contributed by atoms with E-state index < -0.39 is 0 Å². The normalized spacial score (nSPS) is 10.4. The Balaban J connectivity index is 2.11. The third-order valence-electron chi connectivity index (χ3n) is 2.60. The lowest BCUT2D eigenvalue weighted by Gasteiger charge is -2.10. The van der Waals surface area contributed by atoms with Crippen LogP contribution in [0.4, 0.5) is 10.1 Å². The Morgan fingerprint density at radius 1 is 1.22 bits per heavy atom. The Labute approximate surface area is 114 Å². The summed E-state index contributed by atoms with van der Waals surface area (Å²) in [5.41, 5.74) is 7.39. The first-order valence-corrected chi connectivity index (χ1v) is 6.28. The van der Waals surface area contributed by atoms with Gasteiger partial charge in [0.2, 0.25) is 0 Å². The SMILES string of the molecule is Cc1cc(Br)ccc1OCc1ccc(N)cc1F. The van der Waals surface area contributed by atoms with Crippen LogP contribution in [0, 0.1) is 12.7 Å². The fourth-order valence-electron chi connectivity index (χ4n) is 1.61. The van der Waals surface area contributed by atoms with Crippen LogP contribution in [0.25, 0.3) is 0 Å². The fraction of sp³-hybridized carbons (Fsp3) is 0.143. The number of hydrogen-bond acceptors (Lipinski definition) is 2. The van der Waals surface area contributed by atoms with Crippen molar-refractivity contribution in [3.8, 4) is 5.75 Å². The van der Waals surface area contributed by atoms with Gasteiger partial charge in [0, 0.05) is 15.7 Å². The van der Waals surface area contributed by atoms with Crippen molar-refractivity contribution in [2.24, 2.45) is 0 Å². The first kappa shape index (κ1) is 12.9. The van der Waals surface area contributed by atoms with Gasteiger partial charge in [0.25, 0.3) is 0 Å². The Hall–Kier alpha value is -1.55. The molecule has 2 aromatic carbocycles. The molecule has 0 heterocycles. The van der Waals surface area contributed by atoms with E-state index in [2.05, 4.69) is 15.9 Å². The van der Waals surface area contributed by atoms with Crippen molar-refractivity contribution in [3.05, 3.63) is 57.8 Å². The van der Waals surface area contributed by atoms with Crippen LogP contribution in [0.5, 0.6) is 5.75 Å². The summed E-state index contributed by atoms with van der Waals surface area (Å²) in [5.74, 6) is 0.402. The third kappa shape index (κ3) is 3.01. The Morgan fingerprint density at radius 3 is 2.67 bits per heavy atom. The number of ether oxygens (including phenoxy) is 1. The van der Waals surface area contributed by atoms with Gasteiger partial charge in [-0.25, -0.2) is 4.39 Å². The number of halogens is 2. The summed E-state index contributed by atoms with van der Waals surface area (Å²) < 4.78 is 20.1. The van der Waals surface area contributed by atoms with E-state index in [9.17, 15) is 4.39 Å². The van der Waals surface area contributed by atoms with Gasteiger partial charge in [-0.1, -0.05) is 22.0 Å². The summed E-state index contributed by atoms with van der Waals surface area (Å²) >= 11 is 3.38. The highest BCUT2D eigenvalue weighted by Gasteiger charge is 2.05. The second-order valence-corrected chi connectivity index (χ2v) is 4.97. The van der Waals surface area contributed by atoms with Crippen molar-refractivity contribution in [3.63, 3.8) is 0 Å². The topological polar surface area (TPSA) is 35.2 Å². The van der Waals surface area contributed by atoms with E-state index in [0.29, 0.717) is 11.3 Å². The minimum absolute atomic E-state index is 0.189. The van der Waals surface area contributed by atoms with Crippen molar-refractivity contribution >= 4 is 21.6 Å². The summed E-state index contributed by atoms with van der Waals surface area (Å²) in [7, 11) is 0. The average Bonchev–Trinajstić information content (AvgIpc) is 2.30. The molecule has 0 saturated heterocycles. The van der Waals surface area contributed by atoms with Crippen LogP contribution in [-0.2, 0) is 6.61 Å². The van der Waals surface area contributed by atoms with E-state index in [0.717, 1.165) is 15.8 Å². The van der Waals surface area contributed by atoms with Crippen molar-refractivity contribution in [1.29, 1.82) is 0 Å². The van der Waals surface area contributed by atoms with E-state index in [1.54, 1.807) is 12.1 Å². The Bertz CT molecular complexity index is 520. The molecule has 0 unspecified atom stereocenters. The molecule has 94 valence electrons. The smallest absolute Gasteiger partial charge is 0.131 e. The maximum atomic E-state index is 13.6. The standard InChI is InChI=1S/C14H13BrFNO/c1-9-6-11(15)3-5-14(9)18-8-10-2-4-12(17)7-13(10)16/h2-7H,8,17H2,1H3. The van der Waals surface area contributed by atoms with Gasteiger partial charge in [0.05, 0.1) is 0 Å². The number of benzene rings is 2. The molecule has 0 aliphatic rings. The largest absolute Gasteiger partial charge is 0.489 e. The second-order valence-electron chi connectivity index (χ2n) is 4.05. The zero-order valence-electron chi connectivity index (χ0n) is 9.91. The summed E-state index contributed by atoms with van der Waals surface area (Å²) in [5, 5.41) is 0. The minimum Gasteiger partial charge on any atom is -0.489 e. The van der Waals surface area contributed by atoms with Gasteiger partial charge < -0.3 is 10.5 Å². The molecule has 0 aliphatic carbocycles. The maximum Gasteiger partial charge on any atom is 0.131 e. The molecular weight excluding hydrogens is 297 g/mol. The van der Waals surface area contributed by atoms with Gasteiger partial charge >= 0.3 is 0 Å². The minimum atomic E-state index is -0.343. The highest BCUT2D eigenvalue weighted by atomic mass is 79.9. The maximum absolute atomic E-state index is 13.6. The molecule has 2 nitrogen and oxygen atoms in total. The predicted molar refractivity (Wildman–Crippen MR) is 74.0 cm³/mol. The molecule has 0 aliphatic heterocycles. The second kappa shape index (κ2) is 5.40. The van der Waals surface area contributed by atoms with Crippen LogP contribution in [0.15, 0.2) is 40.9 Å². The van der Waals surface area contributed by atoms with Gasteiger partial charge in [0.15, 0.2) is 0 Å². The van der Waals surface area contributed by atoms with E-state index >= 15 is 0 Å². The van der Waals surface area contributed by atoms with Crippen molar-refractivity contribution in [1.82, 2.24) is 0 Å². The van der Waals surface area contributed by atoms with Crippen LogP contribution >= 0.6 is 15.9 Å². The third-order valence-corrected chi connectivity index (χ3v) is 3.09. The van der Waals surface area contributed by atoms with Gasteiger partial charge in [-0.15, -0.1) is 0 Å². The molecular formula is C14H13BrFNO. The molecule has 0 radical (unpaired) electrons. The number of anilines is 1. The molecule has 0 atom stereocenters. The zero-order valence-corrected chi connectivity index (χ0v) is 11.5. The highest BCUT2D eigenvalue weighted by Crippen LogP contribution is 2.23. The summed E-state index contributed by atoms with van der Waals surface area (Å²) in [6, 6.07) is 10.3. The predicted octanol–water partition coefficient (Wildman–Crippen LogP) is 4.06. The molecule has 0 bridgehead atoms. The zero-order chi connectivity index (χ0) is 13.1. The van der Waals surface area contributed by atoms with Gasteiger partial charge in [0.1, 0.15) is 18.2 Å². The van der Waals surface area contributed by atoms with Crippen molar-refractivity contribution in [2.45, 2.75) is 13.5 Å². The molecule has 0 aromatic heterocycles. The van der Waals surface area contributed by atoms with Crippen molar-refractivity contribution in [2.75, 3.05) is 5.73 Å². The van der Waals surface area contributed by atoms with Gasteiger partial charge in [-0.05, 0) is 42.8 Å². The first-order chi connectivity index (χ1) is 8.56. The molecule has 0 fully saturated rings. The van der Waals surface area contributed by atoms with Gasteiger partial charge in [-0.2, -0.15) is 0 Å². The van der Waals surface area contributed by atoms with Crippen LogP contribution in [0.3, 0.4) is 0 Å². The average molecular weight is 310 g/mol. The molecule has 2 rings (SSSR count). The van der Waals surface area contributed by atoms with Crippen molar-refractivity contribution < 1.29 is 9.13 Å². The lowest BCUT2D eigenvalue weighted by atomic mass is 10.2.